The van der Waals surface area contributed by atoms with Crippen molar-refractivity contribution in [2.24, 2.45) is 5.73 Å². The maximum Gasteiger partial charge on any atom is 0.430 e. The van der Waals surface area contributed by atoms with Gasteiger partial charge in [0.25, 0.3) is 5.60 Å². The van der Waals surface area contributed by atoms with E-state index in [0.717, 1.165) is 57.3 Å². The van der Waals surface area contributed by atoms with E-state index in [1.54, 1.807) is 4.90 Å². The molecule has 0 atom stereocenters. The molecule has 0 bridgehead atoms. The fourth-order valence-corrected chi connectivity index (χ4v) is 3.36. The van der Waals surface area contributed by atoms with Crippen LogP contribution in [0.25, 0.3) is 0 Å². The van der Waals surface area contributed by atoms with E-state index in [0.29, 0.717) is 30.3 Å². The van der Waals surface area contributed by atoms with E-state index in [9.17, 15) is 31.4 Å². The minimum absolute atomic E-state index is 0.372. The molecule has 0 aliphatic carbocycles. The SMILES string of the molecule is CCCCN(C(N)=[N+]1CCCCC1)c1ccc(C(O)(C(F)(F)F)C(F)(F)F)cc1. The molecule has 0 amide bonds. The predicted molar refractivity (Wildman–Crippen MR) is 97.7 cm³/mol. The van der Waals surface area contributed by atoms with E-state index in [4.69, 9.17) is 5.73 Å². The van der Waals surface area contributed by atoms with Gasteiger partial charge in [-0.1, -0.05) is 25.5 Å². The first kappa shape index (κ1) is 23.3. The number of hydrogen-bond donors (Lipinski definition) is 2. The Bertz CT molecular complexity index is 690. The zero-order valence-corrected chi connectivity index (χ0v) is 16.2. The lowest BCUT2D eigenvalue weighted by atomic mass is 9.92. The summed E-state index contributed by atoms with van der Waals surface area (Å²) in [6.45, 7) is 3.93. The van der Waals surface area contributed by atoms with Crippen LogP contribution in [0, 0.1) is 0 Å². The number of aliphatic hydroxyl groups is 1. The van der Waals surface area contributed by atoms with Crippen molar-refractivity contribution in [3.63, 3.8) is 0 Å². The van der Waals surface area contributed by atoms with E-state index in [2.05, 4.69) is 0 Å². The Morgan fingerprint density at radius 2 is 1.52 bits per heavy atom. The molecule has 3 N–H and O–H groups in total. The van der Waals surface area contributed by atoms with Gasteiger partial charge in [0, 0.05) is 5.56 Å². The maximum atomic E-state index is 13.1. The lowest BCUT2D eigenvalue weighted by Crippen LogP contribution is -2.54. The highest BCUT2D eigenvalue weighted by Gasteiger charge is 2.71. The number of anilines is 1. The molecule has 0 unspecified atom stereocenters. The zero-order valence-electron chi connectivity index (χ0n) is 16.2. The van der Waals surface area contributed by atoms with E-state index in [1.165, 1.54) is 0 Å². The van der Waals surface area contributed by atoms with Gasteiger partial charge in [0.15, 0.2) is 0 Å². The minimum atomic E-state index is -5.91. The molecule has 1 heterocycles. The molecule has 2 rings (SSSR count). The van der Waals surface area contributed by atoms with Crippen molar-refractivity contribution in [1.29, 1.82) is 0 Å². The molecular formula is C19H26F6N3O+. The third-order valence-electron chi connectivity index (χ3n) is 5.11. The average Bonchev–Trinajstić information content (AvgIpc) is 2.67. The van der Waals surface area contributed by atoms with Crippen molar-refractivity contribution < 1.29 is 36.0 Å². The second-order valence-corrected chi connectivity index (χ2v) is 7.16. The van der Waals surface area contributed by atoms with E-state index < -0.39 is 23.5 Å². The Hall–Kier alpha value is -1.97. The van der Waals surface area contributed by atoms with Crippen LogP contribution < -0.4 is 10.6 Å². The van der Waals surface area contributed by atoms with Crippen molar-refractivity contribution in [1.82, 2.24) is 0 Å². The zero-order chi connectivity index (χ0) is 21.9. The van der Waals surface area contributed by atoms with Crippen LogP contribution >= 0.6 is 0 Å². The molecule has 1 aromatic carbocycles. The second-order valence-electron chi connectivity index (χ2n) is 7.16. The van der Waals surface area contributed by atoms with Crippen LogP contribution in [0.15, 0.2) is 24.3 Å². The summed E-state index contributed by atoms with van der Waals surface area (Å²) in [5.41, 5.74) is 0.440. The Morgan fingerprint density at radius 1 is 1.00 bits per heavy atom. The smallest absolute Gasteiger partial charge is 0.369 e. The van der Waals surface area contributed by atoms with Crippen LogP contribution in [0.4, 0.5) is 32.0 Å². The highest BCUT2D eigenvalue weighted by Crippen LogP contribution is 2.50. The number of halogens is 6. The molecule has 164 valence electrons. The summed E-state index contributed by atoms with van der Waals surface area (Å²) in [4.78, 5) is 1.69. The summed E-state index contributed by atoms with van der Waals surface area (Å²) in [5, 5.41) is 9.54. The lowest BCUT2D eigenvalue weighted by molar-refractivity contribution is -0.539. The van der Waals surface area contributed by atoms with Crippen molar-refractivity contribution in [2.75, 3.05) is 24.5 Å². The van der Waals surface area contributed by atoms with Crippen molar-refractivity contribution in [3.8, 4) is 0 Å². The van der Waals surface area contributed by atoms with Crippen LogP contribution in [0.5, 0.6) is 0 Å². The van der Waals surface area contributed by atoms with Crippen molar-refractivity contribution >= 4 is 11.6 Å². The van der Waals surface area contributed by atoms with Gasteiger partial charge in [-0.25, -0.2) is 4.90 Å². The van der Waals surface area contributed by atoms with Gasteiger partial charge in [-0.2, -0.15) is 26.3 Å². The number of guanidine groups is 1. The molecule has 1 aromatic rings. The molecular weight excluding hydrogens is 400 g/mol. The molecule has 0 radical (unpaired) electrons. The summed E-state index contributed by atoms with van der Waals surface area (Å²) in [5.74, 6) is 0.424. The van der Waals surface area contributed by atoms with Crippen LogP contribution in [0.1, 0.15) is 44.6 Å². The quantitative estimate of drug-likeness (QED) is 0.423. The number of rotatable bonds is 5. The predicted octanol–water partition coefficient (Wildman–Crippen LogP) is 4.12. The normalized spacial score (nSPS) is 16.1. The first-order chi connectivity index (χ1) is 13.4. The van der Waals surface area contributed by atoms with Gasteiger partial charge >= 0.3 is 18.3 Å². The van der Waals surface area contributed by atoms with Crippen LogP contribution in [0.3, 0.4) is 0 Å². The van der Waals surface area contributed by atoms with Gasteiger partial charge in [-0.15, -0.1) is 0 Å². The highest BCUT2D eigenvalue weighted by molar-refractivity contribution is 5.91. The number of unbranched alkanes of at least 4 members (excludes halogenated alkanes) is 1. The fourth-order valence-electron chi connectivity index (χ4n) is 3.36. The van der Waals surface area contributed by atoms with Gasteiger partial charge in [0.05, 0.1) is 19.6 Å². The van der Waals surface area contributed by atoms with Crippen LogP contribution in [-0.4, -0.2) is 47.6 Å². The summed E-state index contributed by atoms with van der Waals surface area (Å²) in [7, 11) is 0. The lowest BCUT2D eigenvalue weighted by Gasteiger charge is -2.32. The maximum absolute atomic E-state index is 13.1. The standard InChI is InChI=1S/C19H25F6N3O/c1-2-3-13-28(16(26)27-11-5-4-6-12-27)15-9-7-14(8-10-15)17(29,18(20,21)22)19(23,24)25/h7-10,26,29H,2-6,11-13H2,1H3/p+1. The summed E-state index contributed by atoms with van der Waals surface area (Å²) < 4.78 is 80.4. The van der Waals surface area contributed by atoms with Gasteiger partial charge in [0.1, 0.15) is 5.69 Å². The van der Waals surface area contributed by atoms with Crippen LogP contribution in [-0.2, 0) is 5.60 Å². The van der Waals surface area contributed by atoms with Crippen LogP contribution in [0.2, 0.25) is 0 Å². The van der Waals surface area contributed by atoms with Gasteiger partial charge < -0.3 is 5.11 Å². The van der Waals surface area contributed by atoms with Gasteiger partial charge in [-0.3, -0.25) is 10.3 Å². The highest BCUT2D eigenvalue weighted by atomic mass is 19.4. The summed E-state index contributed by atoms with van der Waals surface area (Å²) in [6, 6.07) is 3.56. The average molecular weight is 426 g/mol. The van der Waals surface area contributed by atoms with Gasteiger partial charge in [0.2, 0.25) is 0 Å². The molecule has 4 nitrogen and oxygen atoms in total. The topological polar surface area (TPSA) is 52.5 Å². The molecule has 1 fully saturated rings. The molecule has 1 aliphatic rings. The number of benzene rings is 1. The Kier molecular flexibility index (Phi) is 7.08. The molecule has 0 aromatic heterocycles. The Balaban J connectivity index is 2.43. The van der Waals surface area contributed by atoms with Gasteiger partial charge in [-0.05, 0) is 37.8 Å². The van der Waals surface area contributed by atoms with Crippen molar-refractivity contribution in [2.45, 2.75) is 57.0 Å². The molecule has 29 heavy (non-hydrogen) atoms. The molecule has 1 saturated heterocycles. The number of hydrogen-bond acceptors (Lipinski definition) is 1. The Morgan fingerprint density at radius 3 is 1.97 bits per heavy atom. The molecule has 10 heteroatoms. The first-order valence-electron chi connectivity index (χ1n) is 9.54. The molecule has 0 spiro atoms. The second kappa shape index (κ2) is 8.81. The largest absolute Gasteiger partial charge is 0.430 e. The fraction of sp³-hybridized carbons (Fsp3) is 0.632. The third-order valence-corrected chi connectivity index (χ3v) is 5.11. The molecule has 1 aliphatic heterocycles. The van der Waals surface area contributed by atoms with E-state index in [1.807, 2.05) is 11.5 Å². The van der Waals surface area contributed by atoms with E-state index >= 15 is 0 Å². The minimum Gasteiger partial charge on any atom is -0.369 e. The van der Waals surface area contributed by atoms with E-state index in [-0.39, 0.29) is 0 Å². The molecule has 0 saturated carbocycles. The number of nitrogens with two attached hydrogens (primary N) is 1. The third kappa shape index (κ3) is 4.79. The number of piperidine rings is 1. The monoisotopic (exact) mass is 426 g/mol. The first-order valence-corrected chi connectivity index (χ1v) is 9.54. The van der Waals surface area contributed by atoms with Crippen molar-refractivity contribution in [3.05, 3.63) is 29.8 Å². The Labute approximate surface area is 165 Å². The number of alkyl halides is 6. The number of nitrogens with zero attached hydrogens (tertiary/aromatic N) is 2. The summed E-state index contributed by atoms with van der Waals surface area (Å²) >= 11 is 0. The summed E-state index contributed by atoms with van der Waals surface area (Å²) in [6.07, 6.45) is -7.23.